The van der Waals surface area contributed by atoms with Crippen molar-refractivity contribution in [3.63, 3.8) is 0 Å². The number of halogens is 1. The van der Waals surface area contributed by atoms with Crippen molar-refractivity contribution in [1.82, 2.24) is 0 Å². The standard InChI is InChI=1S/C5H6BrSi/c6-4-2-1-3-5-7/h1-3,5H,4H2. The van der Waals surface area contributed by atoms with Gasteiger partial charge in [-0.3, -0.25) is 0 Å². The number of hydrogen-bond donors (Lipinski definition) is 0. The summed E-state index contributed by atoms with van der Waals surface area (Å²) in [5.41, 5.74) is 1.80. The highest BCUT2D eigenvalue weighted by Crippen LogP contribution is 1.80. The molecule has 0 aromatic heterocycles. The molecule has 2 heteroatoms. The highest BCUT2D eigenvalue weighted by Gasteiger charge is 1.59. The van der Waals surface area contributed by atoms with E-state index in [2.05, 4.69) is 26.2 Å². The Bertz CT molecular complexity index is 76.1. The zero-order chi connectivity index (χ0) is 5.54. The van der Waals surface area contributed by atoms with Gasteiger partial charge in [-0.2, -0.15) is 0 Å². The fourth-order valence-electron chi connectivity index (χ4n) is 0.186. The molecule has 7 heavy (non-hydrogen) atoms. The molecule has 0 spiro atoms. The Labute approximate surface area is 55.9 Å². The van der Waals surface area contributed by atoms with Crippen LogP contribution in [0.25, 0.3) is 0 Å². The Balaban J connectivity index is 3.09. The molecular formula is C5H6BrSi. The topological polar surface area (TPSA) is 0 Å². The van der Waals surface area contributed by atoms with Crippen LogP contribution in [0.1, 0.15) is 0 Å². The molecular weight excluding hydrogens is 168 g/mol. The predicted octanol–water partition coefficient (Wildman–Crippen LogP) is 1.62. The van der Waals surface area contributed by atoms with Gasteiger partial charge in [-0.25, -0.2) is 0 Å². The summed E-state index contributed by atoms with van der Waals surface area (Å²) in [5, 5.41) is 0.920. The van der Waals surface area contributed by atoms with Gasteiger partial charge in [-0.05, 0) is 0 Å². The van der Waals surface area contributed by atoms with Gasteiger partial charge in [0.2, 0.25) is 0 Å². The third-order valence-corrected chi connectivity index (χ3v) is 0.999. The maximum Gasteiger partial charge on any atom is 0.0600 e. The lowest BCUT2D eigenvalue weighted by Crippen LogP contribution is -1.55. The van der Waals surface area contributed by atoms with Crippen LogP contribution in [-0.2, 0) is 0 Å². The molecule has 0 aromatic rings. The minimum atomic E-state index is 0.920. The Morgan fingerprint density at radius 3 is 2.57 bits per heavy atom. The molecule has 0 aliphatic heterocycles. The number of allylic oxidation sites excluding steroid dienone is 3. The summed E-state index contributed by atoms with van der Waals surface area (Å²) in [6, 6.07) is 0. The van der Waals surface area contributed by atoms with Crippen molar-refractivity contribution in [3.05, 3.63) is 23.9 Å². The van der Waals surface area contributed by atoms with Crippen LogP contribution < -0.4 is 0 Å². The first-order chi connectivity index (χ1) is 3.41. The van der Waals surface area contributed by atoms with E-state index in [1.165, 1.54) is 0 Å². The number of rotatable bonds is 2. The van der Waals surface area contributed by atoms with Gasteiger partial charge in [0.1, 0.15) is 0 Å². The first-order valence-corrected chi connectivity index (χ1v) is 3.66. The van der Waals surface area contributed by atoms with E-state index in [-0.39, 0.29) is 0 Å². The molecule has 0 heterocycles. The Kier molecular flexibility index (Phi) is 6.33. The summed E-state index contributed by atoms with van der Waals surface area (Å²) < 4.78 is 0. The van der Waals surface area contributed by atoms with Gasteiger partial charge in [0, 0.05) is 5.33 Å². The quantitative estimate of drug-likeness (QED) is 0.339. The van der Waals surface area contributed by atoms with E-state index in [1.54, 1.807) is 5.70 Å². The van der Waals surface area contributed by atoms with Crippen LogP contribution in [0.15, 0.2) is 23.9 Å². The van der Waals surface area contributed by atoms with Crippen molar-refractivity contribution in [2.75, 3.05) is 5.33 Å². The van der Waals surface area contributed by atoms with Gasteiger partial charge >= 0.3 is 0 Å². The average molecular weight is 174 g/mol. The molecule has 0 aliphatic carbocycles. The van der Waals surface area contributed by atoms with E-state index in [4.69, 9.17) is 0 Å². The summed E-state index contributed by atoms with van der Waals surface area (Å²) in [5.74, 6) is 0. The minimum absolute atomic E-state index is 0.920. The molecule has 0 atom stereocenters. The zero-order valence-electron chi connectivity index (χ0n) is 3.89. The van der Waals surface area contributed by atoms with Crippen molar-refractivity contribution in [2.45, 2.75) is 0 Å². The summed E-state index contributed by atoms with van der Waals surface area (Å²) in [6.07, 6.45) is 5.89. The lowest BCUT2D eigenvalue weighted by Gasteiger charge is -1.69. The highest BCUT2D eigenvalue weighted by atomic mass is 79.9. The molecule has 0 bridgehead atoms. The predicted molar refractivity (Wildman–Crippen MR) is 37.8 cm³/mol. The average Bonchev–Trinajstić information content (AvgIpc) is 1.69. The van der Waals surface area contributed by atoms with Crippen molar-refractivity contribution in [1.29, 1.82) is 0 Å². The fraction of sp³-hybridized carbons (Fsp3) is 0.200. The minimum Gasteiger partial charge on any atom is -0.102 e. The fourth-order valence-corrected chi connectivity index (χ4v) is 0.512. The van der Waals surface area contributed by atoms with Crippen LogP contribution in [0.4, 0.5) is 0 Å². The van der Waals surface area contributed by atoms with Crippen molar-refractivity contribution >= 4 is 26.2 Å². The van der Waals surface area contributed by atoms with Gasteiger partial charge in [0.25, 0.3) is 0 Å². The van der Waals surface area contributed by atoms with Crippen molar-refractivity contribution in [3.8, 4) is 0 Å². The summed E-state index contributed by atoms with van der Waals surface area (Å²) in [7, 11) is 3.17. The van der Waals surface area contributed by atoms with Crippen LogP contribution >= 0.6 is 15.9 Å². The van der Waals surface area contributed by atoms with Crippen molar-refractivity contribution < 1.29 is 0 Å². The Morgan fingerprint density at radius 2 is 2.14 bits per heavy atom. The van der Waals surface area contributed by atoms with E-state index in [0.717, 1.165) is 5.33 Å². The maximum absolute atomic E-state index is 3.24. The van der Waals surface area contributed by atoms with Crippen molar-refractivity contribution in [2.24, 2.45) is 0 Å². The first kappa shape index (κ1) is 7.18. The Morgan fingerprint density at radius 1 is 1.43 bits per heavy atom. The second-order valence-corrected chi connectivity index (χ2v) is 1.92. The zero-order valence-corrected chi connectivity index (χ0v) is 6.48. The molecule has 0 aromatic carbocycles. The van der Waals surface area contributed by atoms with Gasteiger partial charge in [-0.1, -0.05) is 34.2 Å². The molecule has 37 valence electrons. The van der Waals surface area contributed by atoms with Gasteiger partial charge in [0.15, 0.2) is 0 Å². The van der Waals surface area contributed by atoms with Crippen LogP contribution in [0, 0.1) is 0 Å². The third kappa shape index (κ3) is 6.18. The Hall–Kier alpha value is 0.177. The molecule has 0 fully saturated rings. The van der Waals surface area contributed by atoms with E-state index in [1.807, 2.05) is 18.2 Å². The molecule has 3 radical (unpaired) electrons. The summed E-state index contributed by atoms with van der Waals surface area (Å²) in [6.45, 7) is 0. The normalized spacial score (nSPS) is 11.7. The van der Waals surface area contributed by atoms with Gasteiger partial charge in [-0.15, -0.1) is 5.70 Å². The largest absolute Gasteiger partial charge is 0.102 e. The first-order valence-electron chi connectivity index (χ1n) is 1.96. The summed E-state index contributed by atoms with van der Waals surface area (Å²) >= 11 is 3.24. The SMILES string of the molecule is [Si]C=CC=CCBr. The maximum atomic E-state index is 3.24. The smallest absolute Gasteiger partial charge is 0.0600 e. The molecule has 0 unspecified atom stereocenters. The summed E-state index contributed by atoms with van der Waals surface area (Å²) in [4.78, 5) is 0. The number of hydrogen-bond acceptors (Lipinski definition) is 0. The molecule has 0 saturated heterocycles. The van der Waals surface area contributed by atoms with E-state index >= 15 is 0 Å². The second-order valence-electron chi connectivity index (χ2n) is 0.942. The van der Waals surface area contributed by atoms with Crippen LogP contribution in [-0.4, -0.2) is 15.6 Å². The van der Waals surface area contributed by atoms with E-state index < -0.39 is 0 Å². The van der Waals surface area contributed by atoms with Crippen LogP contribution in [0.3, 0.4) is 0 Å². The van der Waals surface area contributed by atoms with Crippen LogP contribution in [0.2, 0.25) is 0 Å². The lowest BCUT2D eigenvalue weighted by molar-refractivity contribution is 1.79. The highest BCUT2D eigenvalue weighted by molar-refractivity contribution is 9.09. The lowest BCUT2D eigenvalue weighted by atomic mass is 10.5. The number of alkyl halides is 1. The van der Waals surface area contributed by atoms with E-state index in [9.17, 15) is 0 Å². The second kappa shape index (κ2) is 6.18. The molecule has 0 saturated carbocycles. The van der Waals surface area contributed by atoms with E-state index in [0.29, 0.717) is 0 Å². The monoisotopic (exact) mass is 173 g/mol. The molecule has 0 N–H and O–H groups in total. The van der Waals surface area contributed by atoms with Crippen LogP contribution in [0.5, 0.6) is 0 Å². The molecule has 0 aliphatic rings. The van der Waals surface area contributed by atoms with Gasteiger partial charge in [0.05, 0.1) is 10.2 Å². The molecule has 0 amide bonds. The molecule has 0 nitrogen and oxygen atoms in total. The van der Waals surface area contributed by atoms with Gasteiger partial charge < -0.3 is 0 Å². The molecule has 0 rings (SSSR count). The third-order valence-electron chi connectivity index (χ3n) is 0.433.